The van der Waals surface area contributed by atoms with Gasteiger partial charge in [0.2, 0.25) is 0 Å². The first-order chi connectivity index (χ1) is 10.5. The maximum atomic E-state index is 11.7. The predicted octanol–water partition coefficient (Wildman–Crippen LogP) is 3.49. The molecular formula is C17H32O5. The quantitative estimate of drug-likeness (QED) is 0.384. The summed E-state index contributed by atoms with van der Waals surface area (Å²) in [5.41, 5.74) is 0. The lowest BCUT2D eigenvalue weighted by atomic mass is 10.0. The van der Waals surface area contributed by atoms with Gasteiger partial charge in [-0.05, 0) is 38.5 Å². The molecule has 0 amide bonds. The first kappa shape index (κ1) is 20.9. The summed E-state index contributed by atoms with van der Waals surface area (Å²) in [5.74, 6) is -0.0208. The Hall–Kier alpha value is -1.10. The number of hydrogen-bond acceptors (Lipinski definition) is 5. The van der Waals surface area contributed by atoms with Crippen LogP contribution in [0.5, 0.6) is 0 Å². The van der Waals surface area contributed by atoms with Crippen molar-refractivity contribution in [3.05, 3.63) is 0 Å². The van der Waals surface area contributed by atoms with E-state index in [1.165, 1.54) is 0 Å². The predicted molar refractivity (Wildman–Crippen MR) is 85.5 cm³/mol. The van der Waals surface area contributed by atoms with Crippen molar-refractivity contribution in [2.24, 2.45) is 5.92 Å². The summed E-state index contributed by atoms with van der Waals surface area (Å²) in [5, 5.41) is 0. The van der Waals surface area contributed by atoms with Crippen LogP contribution >= 0.6 is 0 Å². The third-order valence-corrected chi connectivity index (χ3v) is 3.62. The van der Waals surface area contributed by atoms with Gasteiger partial charge in [0.15, 0.2) is 0 Å². The Bertz CT molecular complexity index is 303. The van der Waals surface area contributed by atoms with Gasteiger partial charge in [-0.1, -0.05) is 20.3 Å². The number of esters is 2. The molecule has 0 heterocycles. The minimum Gasteiger partial charge on any atom is -0.466 e. The summed E-state index contributed by atoms with van der Waals surface area (Å²) >= 11 is 0. The molecule has 0 N–H and O–H groups in total. The van der Waals surface area contributed by atoms with Gasteiger partial charge >= 0.3 is 11.9 Å². The largest absolute Gasteiger partial charge is 0.466 e. The number of ether oxygens (including phenoxy) is 3. The van der Waals surface area contributed by atoms with Crippen LogP contribution in [-0.2, 0) is 23.8 Å². The lowest BCUT2D eigenvalue weighted by molar-refractivity contribution is -0.151. The van der Waals surface area contributed by atoms with Gasteiger partial charge < -0.3 is 14.2 Å². The van der Waals surface area contributed by atoms with Gasteiger partial charge in [-0.2, -0.15) is 0 Å². The monoisotopic (exact) mass is 316 g/mol. The van der Waals surface area contributed by atoms with Crippen molar-refractivity contribution in [3.8, 4) is 0 Å². The summed E-state index contributed by atoms with van der Waals surface area (Å²) in [6, 6.07) is 0. The van der Waals surface area contributed by atoms with E-state index in [4.69, 9.17) is 14.2 Å². The first-order valence-electron chi connectivity index (χ1n) is 8.35. The lowest BCUT2D eigenvalue weighted by Gasteiger charge is -2.20. The van der Waals surface area contributed by atoms with Gasteiger partial charge in [0.05, 0.1) is 6.61 Å². The smallest absolute Gasteiger partial charge is 0.306 e. The van der Waals surface area contributed by atoms with Crippen LogP contribution in [-0.4, -0.2) is 38.4 Å². The summed E-state index contributed by atoms with van der Waals surface area (Å²) in [6.07, 6.45) is 4.82. The Morgan fingerprint density at radius 2 is 1.59 bits per heavy atom. The third-order valence-electron chi connectivity index (χ3n) is 3.62. The molecule has 0 spiro atoms. The van der Waals surface area contributed by atoms with E-state index in [0.29, 0.717) is 26.1 Å². The molecule has 2 atom stereocenters. The van der Waals surface area contributed by atoms with Crippen molar-refractivity contribution in [2.75, 3.05) is 20.3 Å². The number of carbonyl (C=O) groups is 2. The Morgan fingerprint density at radius 1 is 0.955 bits per heavy atom. The molecule has 5 nitrogen and oxygen atoms in total. The highest BCUT2D eigenvalue weighted by atomic mass is 16.5. The first-order valence-corrected chi connectivity index (χ1v) is 8.35. The maximum absolute atomic E-state index is 11.7. The highest BCUT2D eigenvalue weighted by Gasteiger charge is 2.16. The normalized spacial score (nSPS) is 13.5. The average Bonchev–Trinajstić information content (AvgIpc) is 2.49. The average molecular weight is 316 g/mol. The molecule has 0 aliphatic rings. The fraction of sp³-hybridized carbons (Fsp3) is 0.882. The van der Waals surface area contributed by atoms with Crippen molar-refractivity contribution in [3.63, 3.8) is 0 Å². The molecule has 0 aromatic carbocycles. The van der Waals surface area contributed by atoms with Crippen LogP contribution in [0.15, 0.2) is 0 Å². The Morgan fingerprint density at radius 3 is 2.18 bits per heavy atom. The number of unbranched alkanes of at least 4 members (excludes halogenated alkanes) is 2. The maximum Gasteiger partial charge on any atom is 0.306 e. The van der Waals surface area contributed by atoms with E-state index in [1.807, 2.05) is 13.8 Å². The number of hydrogen-bond donors (Lipinski definition) is 0. The van der Waals surface area contributed by atoms with Gasteiger partial charge in [-0.3, -0.25) is 9.59 Å². The molecule has 2 unspecified atom stereocenters. The van der Waals surface area contributed by atoms with Gasteiger partial charge in [0.25, 0.3) is 0 Å². The molecular weight excluding hydrogens is 284 g/mol. The van der Waals surface area contributed by atoms with Crippen LogP contribution in [0.2, 0.25) is 0 Å². The summed E-state index contributed by atoms with van der Waals surface area (Å²) in [4.78, 5) is 23.0. The summed E-state index contributed by atoms with van der Waals surface area (Å²) in [6.45, 7) is 7.11. The molecule has 0 aliphatic heterocycles. The van der Waals surface area contributed by atoms with Gasteiger partial charge in [-0.15, -0.1) is 0 Å². The Kier molecular flexibility index (Phi) is 12.9. The van der Waals surface area contributed by atoms with Gasteiger partial charge in [0, 0.05) is 26.6 Å². The van der Waals surface area contributed by atoms with E-state index in [2.05, 4.69) is 6.92 Å². The van der Waals surface area contributed by atoms with E-state index in [9.17, 15) is 9.59 Å². The van der Waals surface area contributed by atoms with E-state index in [0.717, 1.165) is 32.1 Å². The van der Waals surface area contributed by atoms with Crippen molar-refractivity contribution in [1.29, 1.82) is 0 Å². The topological polar surface area (TPSA) is 61.8 Å². The molecule has 0 bridgehead atoms. The fourth-order valence-corrected chi connectivity index (χ4v) is 1.92. The van der Waals surface area contributed by atoms with Crippen molar-refractivity contribution in [2.45, 2.75) is 71.8 Å². The lowest BCUT2D eigenvalue weighted by Crippen LogP contribution is -2.23. The molecule has 22 heavy (non-hydrogen) atoms. The molecule has 0 fully saturated rings. The van der Waals surface area contributed by atoms with E-state index >= 15 is 0 Å². The fourth-order valence-electron chi connectivity index (χ4n) is 1.92. The molecule has 0 saturated carbocycles. The Balaban J connectivity index is 3.62. The highest BCUT2D eigenvalue weighted by molar-refractivity contribution is 5.70. The third kappa shape index (κ3) is 11.5. The second-order valence-corrected chi connectivity index (χ2v) is 5.73. The standard InChI is InChI=1S/C17H32O5/c1-5-12-21-16(18)9-7-6-8-10-17(19)22-15(3)14(2)11-13-20-4/h14-15H,5-13H2,1-4H3. The van der Waals surface area contributed by atoms with Crippen LogP contribution < -0.4 is 0 Å². The highest BCUT2D eigenvalue weighted by Crippen LogP contribution is 2.13. The van der Waals surface area contributed by atoms with Crippen LogP contribution in [0.1, 0.15) is 65.7 Å². The van der Waals surface area contributed by atoms with Crippen molar-refractivity contribution < 1.29 is 23.8 Å². The molecule has 130 valence electrons. The molecule has 5 heteroatoms. The molecule has 0 aromatic heterocycles. The van der Waals surface area contributed by atoms with Crippen molar-refractivity contribution in [1.82, 2.24) is 0 Å². The van der Waals surface area contributed by atoms with Crippen LogP contribution in [0, 0.1) is 5.92 Å². The SMILES string of the molecule is CCCOC(=O)CCCCCC(=O)OC(C)C(C)CCOC. The van der Waals surface area contributed by atoms with Crippen molar-refractivity contribution >= 4 is 11.9 Å². The minimum absolute atomic E-state index is 0.0910. The van der Waals surface area contributed by atoms with Gasteiger partial charge in [0.1, 0.15) is 6.10 Å². The zero-order valence-corrected chi connectivity index (χ0v) is 14.6. The van der Waals surface area contributed by atoms with E-state index in [-0.39, 0.29) is 24.0 Å². The second-order valence-electron chi connectivity index (χ2n) is 5.73. The van der Waals surface area contributed by atoms with Crippen LogP contribution in [0.25, 0.3) is 0 Å². The summed E-state index contributed by atoms with van der Waals surface area (Å²) in [7, 11) is 1.67. The van der Waals surface area contributed by atoms with Crippen LogP contribution in [0.3, 0.4) is 0 Å². The zero-order chi connectivity index (χ0) is 16.8. The van der Waals surface area contributed by atoms with E-state index < -0.39 is 0 Å². The number of methoxy groups -OCH3 is 1. The molecule has 0 aliphatic carbocycles. The second kappa shape index (κ2) is 13.6. The minimum atomic E-state index is -0.162. The van der Waals surface area contributed by atoms with Crippen LogP contribution in [0.4, 0.5) is 0 Å². The van der Waals surface area contributed by atoms with Gasteiger partial charge in [-0.25, -0.2) is 0 Å². The van der Waals surface area contributed by atoms with E-state index in [1.54, 1.807) is 7.11 Å². The molecule has 0 radical (unpaired) electrons. The zero-order valence-electron chi connectivity index (χ0n) is 14.6. The summed E-state index contributed by atoms with van der Waals surface area (Å²) < 4.78 is 15.4. The number of rotatable bonds is 13. The molecule has 0 aromatic rings. The number of carbonyl (C=O) groups excluding carboxylic acids is 2. The molecule has 0 saturated heterocycles. The Labute approximate surface area is 134 Å². The molecule has 0 rings (SSSR count).